The molecule has 1 saturated heterocycles. The van der Waals surface area contributed by atoms with Crippen molar-refractivity contribution in [2.75, 3.05) is 31.5 Å². The molecule has 1 fully saturated rings. The van der Waals surface area contributed by atoms with Crippen molar-refractivity contribution in [3.8, 4) is 11.4 Å². The minimum absolute atomic E-state index is 0.0806. The number of aromatic amines is 1. The van der Waals surface area contributed by atoms with E-state index in [1.165, 1.54) is 0 Å². The number of nitrogens with one attached hydrogen (secondary N) is 2. The van der Waals surface area contributed by atoms with E-state index in [0.717, 1.165) is 20.8 Å². The number of carbonyl (C=O) groups is 1. The van der Waals surface area contributed by atoms with E-state index >= 15 is 0 Å². The van der Waals surface area contributed by atoms with Crippen molar-refractivity contribution in [1.29, 1.82) is 0 Å². The molecule has 2 amide bonds. The smallest absolute Gasteiger partial charge is 0.321 e. The maximum atomic E-state index is 12.8. The zero-order valence-corrected chi connectivity index (χ0v) is 20.1. The van der Waals surface area contributed by atoms with Crippen molar-refractivity contribution in [2.24, 2.45) is 7.05 Å². The fraction of sp³-hybridized carbons (Fsp3) is 0.348. The fourth-order valence-electron chi connectivity index (χ4n) is 4.11. The number of H-pyrrole nitrogens is 1. The summed E-state index contributed by atoms with van der Waals surface area (Å²) in [5.74, 6) is 1.28. The third-order valence-corrected chi connectivity index (χ3v) is 7.19. The minimum atomic E-state index is -0.136. The average molecular weight is 479 g/mol. The van der Waals surface area contributed by atoms with E-state index in [-0.39, 0.29) is 11.6 Å². The van der Waals surface area contributed by atoms with E-state index < -0.39 is 0 Å². The molecule has 0 radical (unpaired) electrons. The lowest BCUT2D eigenvalue weighted by Crippen LogP contribution is -2.49. The highest BCUT2D eigenvalue weighted by atomic mass is 32.1. The molecular formula is C23H26N8O2S. The van der Waals surface area contributed by atoms with E-state index in [9.17, 15) is 9.59 Å². The zero-order chi connectivity index (χ0) is 23.8. The van der Waals surface area contributed by atoms with Crippen molar-refractivity contribution in [3.63, 3.8) is 0 Å². The number of thiophene rings is 1. The highest BCUT2D eigenvalue weighted by Gasteiger charge is 2.22. The Morgan fingerprint density at radius 3 is 2.74 bits per heavy atom. The van der Waals surface area contributed by atoms with Crippen LogP contribution in [-0.2, 0) is 13.6 Å². The number of nitrogens with zero attached hydrogens (tertiary/aromatic N) is 6. The second kappa shape index (κ2) is 8.99. The van der Waals surface area contributed by atoms with Crippen molar-refractivity contribution >= 4 is 33.3 Å². The summed E-state index contributed by atoms with van der Waals surface area (Å²) in [4.78, 5) is 43.1. The molecular weight excluding hydrogens is 452 g/mol. The average Bonchev–Trinajstić information content (AvgIpc) is 3.37. The van der Waals surface area contributed by atoms with Gasteiger partial charge in [-0.1, -0.05) is 12.1 Å². The highest BCUT2D eigenvalue weighted by molar-refractivity contribution is 7.18. The second-order valence-electron chi connectivity index (χ2n) is 8.49. The number of aryl methyl sites for hydroxylation is 3. The Balaban J connectivity index is 1.19. The molecule has 1 aliphatic heterocycles. The Bertz CT molecular complexity index is 1410. The van der Waals surface area contributed by atoms with E-state index in [2.05, 4.69) is 30.3 Å². The van der Waals surface area contributed by atoms with Gasteiger partial charge in [-0.05, 0) is 31.5 Å². The molecule has 0 bridgehead atoms. The number of hydrogen-bond donors (Lipinski definition) is 2. The van der Waals surface area contributed by atoms with Gasteiger partial charge < -0.3 is 15.2 Å². The third-order valence-electron chi connectivity index (χ3n) is 6.09. The molecule has 0 aliphatic carbocycles. The predicted octanol–water partition coefficient (Wildman–Crippen LogP) is 2.75. The van der Waals surface area contributed by atoms with Gasteiger partial charge in [-0.15, -0.1) is 11.3 Å². The van der Waals surface area contributed by atoms with E-state index in [0.29, 0.717) is 55.4 Å². The number of amides is 2. The van der Waals surface area contributed by atoms with Gasteiger partial charge in [-0.25, -0.2) is 14.8 Å². The molecule has 10 nitrogen and oxygen atoms in total. The molecule has 0 atom stereocenters. The molecule has 5 rings (SSSR count). The number of urea groups is 1. The summed E-state index contributed by atoms with van der Waals surface area (Å²) in [5, 5.41) is 7.98. The third kappa shape index (κ3) is 4.44. The van der Waals surface area contributed by atoms with E-state index in [1.807, 2.05) is 45.2 Å². The standard InChI is InChI=1S/C23H26N8O2S/c1-14-15(2)34-22-19(14)21(32)26-18(27-22)12-30-7-9-31(10-8-30)23(33)25-17-6-4-5-16(11-17)20-24-13-29(3)28-20/h4-6,11,13H,7-10,12H2,1-3H3,(H,25,33)(H,26,27,32). The number of piperazine rings is 1. The number of rotatable bonds is 4. The van der Waals surface area contributed by atoms with Gasteiger partial charge in [0.05, 0.1) is 11.9 Å². The van der Waals surface area contributed by atoms with Gasteiger partial charge >= 0.3 is 6.03 Å². The quantitative estimate of drug-likeness (QED) is 0.467. The molecule has 11 heteroatoms. The van der Waals surface area contributed by atoms with Crippen LogP contribution in [0.5, 0.6) is 0 Å². The maximum Gasteiger partial charge on any atom is 0.321 e. The summed E-state index contributed by atoms with van der Waals surface area (Å²) in [6.45, 7) is 7.12. The molecule has 0 unspecified atom stereocenters. The molecule has 4 heterocycles. The summed E-state index contributed by atoms with van der Waals surface area (Å²) in [7, 11) is 1.82. The van der Waals surface area contributed by atoms with Crippen molar-refractivity contribution in [1.82, 2.24) is 34.5 Å². The summed E-state index contributed by atoms with van der Waals surface area (Å²) in [6, 6.07) is 7.38. The number of anilines is 1. The second-order valence-corrected chi connectivity index (χ2v) is 9.70. The monoisotopic (exact) mass is 478 g/mol. The summed E-state index contributed by atoms with van der Waals surface area (Å²) < 4.78 is 1.64. The lowest BCUT2D eigenvalue weighted by Gasteiger charge is -2.34. The lowest BCUT2D eigenvalue weighted by atomic mass is 10.2. The van der Waals surface area contributed by atoms with Crippen LogP contribution in [0.1, 0.15) is 16.3 Å². The lowest BCUT2D eigenvalue weighted by molar-refractivity contribution is 0.141. The highest BCUT2D eigenvalue weighted by Crippen LogP contribution is 2.26. The van der Waals surface area contributed by atoms with Gasteiger partial charge in [0.25, 0.3) is 5.56 Å². The Morgan fingerprint density at radius 2 is 2.00 bits per heavy atom. The van der Waals surface area contributed by atoms with Crippen LogP contribution in [0.3, 0.4) is 0 Å². The minimum Gasteiger partial charge on any atom is -0.322 e. The number of carbonyl (C=O) groups excluding carboxylic acids is 1. The van der Waals surface area contributed by atoms with Crippen LogP contribution in [0, 0.1) is 13.8 Å². The van der Waals surface area contributed by atoms with Crippen molar-refractivity contribution in [2.45, 2.75) is 20.4 Å². The van der Waals surface area contributed by atoms with Crippen LogP contribution in [0.25, 0.3) is 21.6 Å². The molecule has 0 saturated carbocycles. The molecule has 0 spiro atoms. The zero-order valence-electron chi connectivity index (χ0n) is 19.3. The molecule has 1 aromatic carbocycles. The van der Waals surface area contributed by atoms with Crippen LogP contribution >= 0.6 is 11.3 Å². The topological polar surface area (TPSA) is 112 Å². The summed E-state index contributed by atoms with van der Waals surface area (Å²) >= 11 is 1.56. The Kier molecular flexibility index (Phi) is 5.88. The molecule has 4 aromatic rings. The molecule has 2 N–H and O–H groups in total. The van der Waals surface area contributed by atoms with E-state index in [4.69, 9.17) is 0 Å². The number of fused-ring (bicyclic) bond motifs is 1. The summed E-state index contributed by atoms with van der Waals surface area (Å²) in [5.41, 5.74) is 2.47. The first-order chi connectivity index (χ1) is 16.4. The van der Waals surface area contributed by atoms with Crippen molar-refractivity contribution in [3.05, 3.63) is 57.2 Å². The van der Waals surface area contributed by atoms with Crippen LogP contribution in [0.4, 0.5) is 10.5 Å². The predicted molar refractivity (Wildman–Crippen MR) is 132 cm³/mol. The largest absolute Gasteiger partial charge is 0.322 e. The maximum absolute atomic E-state index is 12.8. The van der Waals surface area contributed by atoms with Gasteiger partial charge in [-0.2, -0.15) is 5.10 Å². The van der Waals surface area contributed by atoms with Crippen molar-refractivity contribution < 1.29 is 4.79 Å². The van der Waals surface area contributed by atoms with Crippen LogP contribution in [0.15, 0.2) is 35.4 Å². The number of benzene rings is 1. The van der Waals surface area contributed by atoms with Crippen LogP contribution in [0.2, 0.25) is 0 Å². The molecule has 34 heavy (non-hydrogen) atoms. The molecule has 176 valence electrons. The van der Waals surface area contributed by atoms with Gasteiger partial charge in [0.15, 0.2) is 5.82 Å². The van der Waals surface area contributed by atoms with Gasteiger partial charge in [0.1, 0.15) is 17.0 Å². The van der Waals surface area contributed by atoms with Gasteiger partial charge in [0, 0.05) is 49.4 Å². The van der Waals surface area contributed by atoms with Gasteiger partial charge in [-0.3, -0.25) is 14.4 Å². The molecule has 1 aliphatic rings. The van der Waals surface area contributed by atoms with Crippen LogP contribution < -0.4 is 10.9 Å². The first-order valence-corrected chi connectivity index (χ1v) is 11.9. The van der Waals surface area contributed by atoms with Crippen LogP contribution in [-0.4, -0.2) is 66.7 Å². The number of hydrogen-bond acceptors (Lipinski definition) is 7. The Hall–Kier alpha value is -3.57. The first-order valence-electron chi connectivity index (χ1n) is 11.1. The first kappa shape index (κ1) is 22.2. The Morgan fingerprint density at radius 1 is 1.21 bits per heavy atom. The van der Waals surface area contributed by atoms with E-state index in [1.54, 1.807) is 27.2 Å². The normalized spacial score (nSPS) is 14.6. The Labute approximate surface area is 200 Å². The fourth-order valence-corrected chi connectivity index (χ4v) is 5.15. The van der Waals surface area contributed by atoms with Gasteiger partial charge in [0.2, 0.25) is 0 Å². The molecule has 3 aromatic heterocycles. The SMILES string of the molecule is Cc1sc2nc(CN3CCN(C(=O)Nc4cccc(-c5ncn(C)n5)c4)CC3)[nH]c(=O)c2c1C. The number of aromatic nitrogens is 5. The summed E-state index contributed by atoms with van der Waals surface area (Å²) in [6.07, 6.45) is 1.64.